The fourth-order valence-corrected chi connectivity index (χ4v) is 2.45. The van der Waals surface area contributed by atoms with Crippen LogP contribution in [0, 0.1) is 11.6 Å². The highest BCUT2D eigenvalue weighted by Gasteiger charge is 2.15. The zero-order chi connectivity index (χ0) is 15.7. The van der Waals surface area contributed by atoms with Gasteiger partial charge in [0.05, 0.1) is 5.56 Å². The Hall–Kier alpha value is -2.27. The summed E-state index contributed by atoms with van der Waals surface area (Å²) in [4.78, 5) is 11.9. The highest BCUT2D eigenvalue weighted by atomic mass is 79.9. The Morgan fingerprint density at radius 3 is 2.41 bits per heavy atom. The maximum atomic E-state index is 13.6. The van der Waals surface area contributed by atoms with Crippen LogP contribution in [0.1, 0.15) is 10.4 Å². The first-order valence-corrected chi connectivity index (χ1v) is 7.19. The van der Waals surface area contributed by atoms with E-state index in [1.807, 2.05) is 18.2 Å². The molecule has 0 saturated heterocycles. The number of esters is 1. The molecule has 0 aromatic heterocycles. The predicted molar refractivity (Wildman–Crippen MR) is 83.0 cm³/mol. The molecule has 0 unspecified atom stereocenters. The van der Waals surface area contributed by atoms with E-state index in [0.717, 1.165) is 27.4 Å². The second-order valence-corrected chi connectivity index (χ2v) is 5.58. The molecule has 0 radical (unpaired) electrons. The van der Waals surface area contributed by atoms with Gasteiger partial charge in [0.25, 0.3) is 0 Å². The van der Waals surface area contributed by atoms with Gasteiger partial charge in [-0.15, -0.1) is 0 Å². The number of benzene rings is 3. The molecule has 3 rings (SSSR count). The summed E-state index contributed by atoms with van der Waals surface area (Å²) in [5.74, 6) is -2.27. The molecule has 5 heteroatoms. The SMILES string of the molecule is O=C(Oc1ccc2cc(Br)ccc2c1)c1ccc(F)cc1F. The van der Waals surface area contributed by atoms with Crippen LogP contribution in [0.5, 0.6) is 5.75 Å². The summed E-state index contributed by atoms with van der Waals surface area (Å²) in [6, 6.07) is 13.5. The van der Waals surface area contributed by atoms with Gasteiger partial charge in [-0.2, -0.15) is 0 Å². The maximum absolute atomic E-state index is 13.6. The van der Waals surface area contributed by atoms with E-state index in [-0.39, 0.29) is 5.56 Å². The lowest BCUT2D eigenvalue weighted by molar-refractivity contribution is 0.0730. The Morgan fingerprint density at radius 1 is 0.909 bits per heavy atom. The molecular formula is C17H9BrF2O2. The molecule has 0 bridgehead atoms. The van der Waals surface area contributed by atoms with Crippen LogP contribution in [-0.2, 0) is 0 Å². The van der Waals surface area contributed by atoms with Gasteiger partial charge in [-0.1, -0.05) is 28.1 Å². The number of hydrogen-bond donors (Lipinski definition) is 0. The van der Waals surface area contributed by atoms with Gasteiger partial charge in [-0.3, -0.25) is 0 Å². The van der Waals surface area contributed by atoms with Crippen molar-refractivity contribution >= 4 is 32.7 Å². The third-order valence-corrected chi connectivity index (χ3v) is 3.63. The van der Waals surface area contributed by atoms with Crippen molar-refractivity contribution in [2.24, 2.45) is 0 Å². The number of carbonyl (C=O) groups excluding carboxylic acids is 1. The van der Waals surface area contributed by atoms with Crippen LogP contribution < -0.4 is 4.74 Å². The van der Waals surface area contributed by atoms with Crippen LogP contribution in [0.15, 0.2) is 59.1 Å². The number of rotatable bonds is 2. The average molecular weight is 363 g/mol. The number of fused-ring (bicyclic) bond motifs is 1. The van der Waals surface area contributed by atoms with Crippen molar-refractivity contribution in [3.8, 4) is 5.75 Å². The molecule has 0 atom stereocenters. The van der Waals surface area contributed by atoms with Crippen LogP contribution >= 0.6 is 15.9 Å². The molecule has 0 spiro atoms. The summed E-state index contributed by atoms with van der Waals surface area (Å²) in [7, 11) is 0. The zero-order valence-corrected chi connectivity index (χ0v) is 12.7. The van der Waals surface area contributed by atoms with E-state index in [1.165, 1.54) is 0 Å². The molecule has 3 aromatic carbocycles. The average Bonchev–Trinajstić information content (AvgIpc) is 2.47. The van der Waals surface area contributed by atoms with Crippen LogP contribution in [0.25, 0.3) is 10.8 Å². The van der Waals surface area contributed by atoms with Crippen molar-refractivity contribution in [3.63, 3.8) is 0 Å². The van der Waals surface area contributed by atoms with E-state index in [2.05, 4.69) is 15.9 Å². The normalized spacial score (nSPS) is 10.7. The zero-order valence-electron chi connectivity index (χ0n) is 11.1. The molecule has 3 aromatic rings. The maximum Gasteiger partial charge on any atom is 0.346 e. The summed E-state index contributed by atoms with van der Waals surface area (Å²) < 4.78 is 32.5. The molecule has 0 N–H and O–H groups in total. The minimum absolute atomic E-state index is 0.295. The first-order chi connectivity index (χ1) is 10.5. The lowest BCUT2D eigenvalue weighted by Crippen LogP contribution is -2.10. The fraction of sp³-hybridized carbons (Fsp3) is 0. The van der Waals surface area contributed by atoms with E-state index in [1.54, 1.807) is 18.2 Å². The quantitative estimate of drug-likeness (QED) is 0.468. The van der Waals surface area contributed by atoms with E-state index in [0.29, 0.717) is 11.8 Å². The fourth-order valence-electron chi connectivity index (χ4n) is 2.08. The van der Waals surface area contributed by atoms with E-state index < -0.39 is 17.6 Å². The predicted octanol–water partition coefficient (Wildman–Crippen LogP) is 5.10. The molecule has 0 aliphatic heterocycles. The largest absolute Gasteiger partial charge is 0.423 e. The minimum Gasteiger partial charge on any atom is -0.423 e. The lowest BCUT2D eigenvalue weighted by atomic mass is 10.1. The molecule has 110 valence electrons. The van der Waals surface area contributed by atoms with Gasteiger partial charge in [0, 0.05) is 10.5 Å². The minimum atomic E-state index is -0.949. The second kappa shape index (κ2) is 5.85. The van der Waals surface area contributed by atoms with Gasteiger partial charge in [0.2, 0.25) is 0 Å². The Kier molecular flexibility index (Phi) is 3.90. The molecule has 0 heterocycles. The highest BCUT2D eigenvalue weighted by molar-refractivity contribution is 9.10. The first kappa shape index (κ1) is 14.7. The summed E-state index contributed by atoms with van der Waals surface area (Å²) >= 11 is 3.38. The molecule has 0 aliphatic carbocycles. The summed E-state index contributed by atoms with van der Waals surface area (Å²) in [6.45, 7) is 0. The van der Waals surface area contributed by atoms with Gasteiger partial charge in [-0.05, 0) is 47.2 Å². The summed E-state index contributed by atoms with van der Waals surface area (Å²) in [5.41, 5.74) is -0.308. The summed E-state index contributed by atoms with van der Waals surface area (Å²) in [5, 5.41) is 1.86. The van der Waals surface area contributed by atoms with E-state index >= 15 is 0 Å². The lowest BCUT2D eigenvalue weighted by Gasteiger charge is -2.07. The van der Waals surface area contributed by atoms with Crippen molar-refractivity contribution in [3.05, 3.63) is 76.3 Å². The van der Waals surface area contributed by atoms with Gasteiger partial charge < -0.3 is 4.74 Å². The standard InChI is InChI=1S/C17H9BrF2O2/c18-12-3-1-11-8-14(5-2-10(11)7-12)22-17(21)15-6-4-13(19)9-16(15)20/h1-9H. The van der Waals surface area contributed by atoms with Crippen LogP contribution in [0.4, 0.5) is 8.78 Å². The van der Waals surface area contributed by atoms with Crippen molar-refractivity contribution in [1.82, 2.24) is 0 Å². The smallest absolute Gasteiger partial charge is 0.346 e. The van der Waals surface area contributed by atoms with Gasteiger partial charge in [0.15, 0.2) is 0 Å². The van der Waals surface area contributed by atoms with E-state index in [9.17, 15) is 13.6 Å². The summed E-state index contributed by atoms with van der Waals surface area (Å²) in [6.07, 6.45) is 0. The molecular weight excluding hydrogens is 354 g/mol. The Balaban J connectivity index is 1.89. The van der Waals surface area contributed by atoms with Crippen molar-refractivity contribution in [2.45, 2.75) is 0 Å². The third-order valence-electron chi connectivity index (χ3n) is 3.14. The van der Waals surface area contributed by atoms with Crippen LogP contribution in [0.2, 0.25) is 0 Å². The first-order valence-electron chi connectivity index (χ1n) is 6.39. The molecule has 0 amide bonds. The monoisotopic (exact) mass is 362 g/mol. The van der Waals surface area contributed by atoms with E-state index in [4.69, 9.17) is 4.74 Å². The molecule has 0 saturated carbocycles. The molecule has 0 aliphatic rings. The Bertz CT molecular complexity index is 878. The highest BCUT2D eigenvalue weighted by Crippen LogP contribution is 2.25. The third kappa shape index (κ3) is 2.99. The molecule has 0 fully saturated rings. The number of hydrogen-bond acceptors (Lipinski definition) is 2. The van der Waals surface area contributed by atoms with Crippen molar-refractivity contribution < 1.29 is 18.3 Å². The van der Waals surface area contributed by atoms with Crippen LogP contribution in [0.3, 0.4) is 0 Å². The number of carbonyl (C=O) groups is 1. The van der Waals surface area contributed by atoms with Gasteiger partial charge in [0.1, 0.15) is 17.4 Å². The molecule has 22 heavy (non-hydrogen) atoms. The Labute approximate surface area is 133 Å². The van der Waals surface area contributed by atoms with Crippen molar-refractivity contribution in [2.75, 3.05) is 0 Å². The number of ether oxygens (including phenoxy) is 1. The second-order valence-electron chi connectivity index (χ2n) is 4.67. The van der Waals surface area contributed by atoms with Crippen molar-refractivity contribution in [1.29, 1.82) is 0 Å². The molecule has 2 nitrogen and oxygen atoms in total. The Morgan fingerprint density at radius 2 is 1.64 bits per heavy atom. The van der Waals surface area contributed by atoms with Gasteiger partial charge >= 0.3 is 5.97 Å². The van der Waals surface area contributed by atoms with Crippen LogP contribution in [-0.4, -0.2) is 5.97 Å². The number of halogens is 3. The van der Waals surface area contributed by atoms with Gasteiger partial charge in [-0.25, -0.2) is 13.6 Å². The topological polar surface area (TPSA) is 26.3 Å².